The summed E-state index contributed by atoms with van der Waals surface area (Å²) >= 11 is 0. The van der Waals surface area contributed by atoms with Crippen molar-refractivity contribution in [3.8, 4) is 0 Å². The summed E-state index contributed by atoms with van der Waals surface area (Å²) in [5.74, 6) is -1.97. The minimum absolute atomic E-state index is 0.0982. The summed E-state index contributed by atoms with van der Waals surface area (Å²) in [5, 5.41) is 6.23. The molecule has 1 aromatic carbocycles. The van der Waals surface area contributed by atoms with Crippen LogP contribution in [0.4, 0.5) is 13.2 Å². The van der Waals surface area contributed by atoms with Gasteiger partial charge in [-0.3, -0.25) is 4.79 Å². The number of fused-ring (bicyclic) bond motifs is 1. The summed E-state index contributed by atoms with van der Waals surface area (Å²) in [6.07, 6.45) is -4.80. The Hall–Kier alpha value is -3.06. The van der Waals surface area contributed by atoms with Crippen molar-refractivity contribution in [3.05, 3.63) is 58.2 Å². The van der Waals surface area contributed by atoms with Crippen molar-refractivity contribution < 1.29 is 26.4 Å². The number of aryl methyl sites for hydroxylation is 2. The van der Waals surface area contributed by atoms with Crippen LogP contribution >= 0.6 is 0 Å². The van der Waals surface area contributed by atoms with Gasteiger partial charge in [0, 0.05) is 29.5 Å². The van der Waals surface area contributed by atoms with Crippen molar-refractivity contribution in [2.24, 2.45) is 0 Å². The first kappa shape index (κ1) is 25.6. The van der Waals surface area contributed by atoms with Gasteiger partial charge >= 0.3 is 6.18 Å². The van der Waals surface area contributed by atoms with Gasteiger partial charge in [-0.2, -0.15) is 18.2 Å². The Bertz CT molecular complexity index is 1300. The predicted octanol–water partition coefficient (Wildman–Crippen LogP) is 2.45. The van der Waals surface area contributed by atoms with Crippen LogP contribution in [0.5, 0.6) is 0 Å². The number of sulfonamides is 1. The number of nitrogens with one attached hydrogen (secondary N) is 2. The van der Waals surface area contributed by atoms with E-state index in [-0.39, 0.29) is 36.4 Å². The lowest BCUT2D eigenvalue weighted by molar-refractivity contribution is -0.144. The maximum atomic E-state index is 12.9. The average molecular weight is 499 g/mol. The third-order valence-corrected chi connectivity index (χ3v) is 6.47. The van der Waals surface area contributed by atoms with E-state index in [0.29, 0.717) is 22.5 Å². The number of carbonyl (C=O) groups is 1. The molecule has 0 aliphatic rings. The zero-order chi connectivity index (χ0) is 25.3. The fraction of sp³-hybridized carbons (Fsp3) is 0.429. The first-order valence-electron chi connectivity index (χ1n) is 10.4. The van der Waals surface area contributed by atoms with Gasteiger partial charge in [0.15, 0.2) is 0 Å². The number of aromatic nitrogens is 4. The van der Waals surface area contributed by atoms with Crippen molar-refractivity contribution in [1.29, 1.82) is 0 Å². The molecule has 0 fully saturated rings. The number of alkyl halides is 3. The minimum Gasteiger partial charge on any atom is -0.352 e. The molecule has 13 heteroatoms. The fourth-order valence-electron chi connectivity index (χ4n) is 3.38. The second kappa shape index (κ2) is 9.66. The molecule has 9 nitrogen and oxygen atoms in total. The molecule has 0 saturated carbocycles. The number of benzene rings is 1. The highest BCUT2D eigenvalue weighted by Gasteiger charge is 2.37. The van der Waals surface area contributed by atoms with Gasteiger partial charge in [-0.1, -0.05) is 24.3 Å². The molecule has 184 valence electrons. The van der Waals surface area contributed by atoms with E-state index in [1.807, 2.05) is 0 Å². The fourth-order valence-corrected chi connectivity index (χ4v) is 4.81. The molecule has 0 radical (unpaired) electrons. The predicted molar refractivity (Wildman–Crippen MR) is 118 cm³/mol. The van der Waals surface area contributed by atoms with Gasteiger partial charge in [-0.05, 0) is 38.8 Å². The molecule has 0 aliphatic heterocycles. The summed E-state index contributed by atoms with van der Waals surface area (Å²) in [4.78, 5) is 20.0. The van der Waals surface area contributed by atoms with E-state index in [9.17, 15) is 26.4 Å². The van der Waals surface area contributed by atoms with E-state index in [2.05, 4.69) is 25.1 Å². The van der Waals surface area contributed by atoms with Crippen LogP contribution in [0.25, 0.3) is 5.78 Å². The molecule has 34 heavy (non-hydrogen) atoms. The van der Waals surface area contributed by atoms with Crippen LogP contribution in [-0.2, 0) is 39.7 Å². The number of carbonyl (C=O) groups excluding carboxylic acids is 1. The Morgan fingerprint density at radius 1 is 1.09 bits per heavy atom. The Morgan fingerprint density at radius 2 is 1.71 bits per heavy atom. The van der Waals surface area contributed by atoms with Gasteiger partial charge in [-0.25, -0.2) is 22.6 Å². The van der Waals surface area contributed by atoms with Crippen LogP contribution in [0.3, 0.4) is 0 Å². The largest absolute Gasteiger partial charge is 0.453 e. The minimum atomic E-state index is -4.70. The molecular weight excluding hydrogens is 473 g/mol. The third kappa shape index (κ3) is 6.29. The van der Waals surface area contributed by atoms with E-state index in [1.54, 1.807) is 52.0 Å². The van der Waals surface area contributed by atoms with E-state index in [0.717, 1.165) is 10.1 Å². The van der Waals surface area contributed by atoms with Crippen LogP contribution in [0.15, 0.2) is 24.3 Å². The summed E-state index contributed by atoms with van der Waals surface area (Å²) in [5.41, 5.74) is 2.57. The number of hydrogen-bond donors (Lipinski definition) is 2. The van der Waals surface area contributed by atoms with Crippen LogP contribution in [0.2, 0.25) is 0 Å². The SMILES string of the molecule is Cc1nc2nc(C(F)(F)F)nn2c(C)c1CC(=O)NCc1ccc(CS(=O)(=O)NC(C)C)cc1. The lowest BCUT2D eigenvalue weighted by Gasteiger charge is -2.11. The lowest BCUT2D eigenvalue weighted by atomic mass is 10.1. The average Bonchev–Trinajstić information content (AvgIpc) is 3.14. The van der Waals surface area contributed by atoms with Crippen LogP contribution in [0, 0.1) is 13.8 Å². The molecule has 0 unspecified atom stereocenters. The second-order valence-corrected chi connectivity index (χ2v) is 9.96. The van der Waals surface area contributed by atoms with Crippen molar-refractivity contribution in [2.45, 2.75) is 58.6 Å². The van der Waals surface area contributed by atoms with Crippen LogP contribution in [0.1, 0.15) is 47.8 Å². The quantitative estimate of drug-likeness (QED) is 0.493. The van der Waals surface area contributed by atoms with E-state index >= 15 is 0 Å². The van der Waals surface area contributed by atoms with Gasteiger partial charge in [0.2, 0.25) is 15.9 Å². The molecular formula is C21H25F3N6O3S. The highest BCUT2D eigenvalue weighted by molar-refractivity contribution is 7.88. The zero-order valence-electron chi connectivity index (χ0n) is 19.1. The topological polar surface area (TPSA) is 118 Å². The second-order valence-electron chi connectivity index (χ2n) is 8.21. The van der Waals surface area contributed by atoms with Gasteiger partial charge < -0.3 is 5.32 Å². The molecule has 2 aromatic heterocycles. The number of rotatable bonds is 8. The molecule has 2 N–H and O–H groups in total. The number of amides is 1. The Balaban J connectivity index is 1.65. The van der Waals surface area contributed by atoms with Gasteiger partial charge in [0.05, 0.1) is 12.2 Å². The highest BCUT2D eigenvalue weighted by atomic mass is 32.2. The van der Waals surface area contributed by atoms with Gasteiger partial charge in [0.1, 0.15) is 0 Å². The summed E-state index contributed by atoms with van der Waals surface area (Å²) < 4.78 is 66.3. The number of nitrogens with zero attached hydrogens (tertiary/aromatic N) is 4. The molecule has 0 aliphatic carbocycles. The van der Waals surface area contributed by atoms with Gasteiger partial charge in [-0.15, -0.1) is 5.10 Å². The third-order valence-electron chi connectivity index (χ3n) is 4.92. The van der Waals surface area contributed by atoms with Crippen molar-refractivity contribution >= 4 is 21.7 Å². The molecule has 3 aromatic rings. The van der Waals surface area contributed by atoms with Crippen LogP contribution < -0.4 is 10.0 Å². The Labute approximate surface area is 194 Å². The number of hydrogen-bond acceptors (Lipinski definition) is 6. The Kier molecular flexibility index (Phi) is 7.26. The smallest absolute Gasteiger partial charge is 0.352 e. The van der Waals surface area contributed by atoms with E-state index < -0.39 is 22.0 Å². The number of halogens is 3. The van der Waals surface area contributed by atoms with Gasteiger partial charge in [0.25, 0.3) is 11.6 Å². The van der Waals surface area contributed by atoms with Crippen molar-refractivity contribution in [1.82, 2.24) is 29.6 Å². The molecule has 2 heterocycles. The molecule has 0 saturated heterocycles. The van der Waals surface area contributed by atoms with Crippen molar-refractivity contribution in [3.63, 3.8) is 0 Å². The summed E-state index contributed by atoms with van der Waals surface area (Å²) in [6.45, 7) is 6.84. The highest BCUT2D eigenvalue weighted by Crippen LogP contribution is 2.27. The Morgan fingerprint density at radius 3 is 2.29 bits per heavy atom. The first-order chi connectivity index (χ1) is 15.7. The molecule has 3 rings (SSSR count). The van der Waals surface area contributed by atoms with Crippen LogP contribution in [-0.4, -0.2) is 39.9 Å². The standard InChI is InChI=1S/C21H25F3N6O3S/c1-12(2)29-34(32,33)11-16-7-5-15(6-8-16)10-25-18(31)9-17-13(3)26-20-27-19(21(22,23)24)28-30(20)14(17)4/h5-8,12,29H,9-11H2,1-4H3,(H,25,31). The molecule has 0 spiro atoms. The zero-order valence-corrected chi connectivity index (χ0v) is 19.9. The molecule has 0 atom stereocenters. The monoisotopic (exact) mass is 498 g/mol. The van der Waals surface area contributed by atoms with E-state index in [1.165, 1.54) is 0 Å². The summed E-state index contributed by atoms with van der Waals surface area (Å²) in [6, 6.07) is 6.60. The van der Waals surface area contributed by atoms with Crippen molar-refractivity contribution in [2.75, 3.05) is 0 Å². The maximum absolute atomic E-state index is 12.9. The lowest BCUT2D eigenvalue weighted by Crippen LogP contribution is -2.31. The molecule has 0 bridgehead atoms. The van der Waals surface area contributed by atoms with E-state index in [4.69, 9.17) is 0 Å². The molecule has 1 amide bonds. The maximum Gasteiger partial charge on any atom is 0.453 e. The normalized spacial score (nSPS) is 12.5. The first-order valence-corrected chi connectivity index (χ1v) is 12.0. The summed E-state index contributed by atoms with van der Waals surface area (Å²) in [7, 11) is -3.44.